The van der Waals surface area contributed by atoms with Crippen LogP contribution in [-0.2, 0) is 14.3 Å². The van der Waals surface area contributed by atoms with Gasteiger partial charge in [0.2, 0.25) is 11.8 Å². The number of ether oxygens (including phenoxy) is 1. The van der Waals surface area contributed by atoms with E-state index >= 15 is 0 Å². The standard InChI is InChI=1S/C10H18N2O4/c1-8(14)11-3-2-10(15)12-4-5-16-7-9(12)6-13/h9,13H,2-7H2,1H3,(H,11,14). The second-order valence-electron chi connectivity index (χ2n) is 3.73. The van der Waals surface area contributed by atoms with Crippen LogP contribution in [0.2, 0.25) is 0 Å². The van der Waals surface area contributed by atoms with Gasteiger partial charge in [-0.3, -0.25) is 9.59 Å². The van der Waals surface area contributed by atoms with Gasteiger partial charge in [-0.1, -0.05) is 0 Å². The Kier molecular flexibility index (Phi) is 5.21. The van der Waals surface area contributed by atoms with Crippen molar-refractivity contribution in [2.75, 3.05) is 32.9 Å². The van der Waals surface area contributed by atoms with Crippen LogP contribution in [0.1, 0.15) is 13.3 Å². The minimum Gasteiger partial charge on any atom is -0.394 e. The zero-order valence-corrected chi connectivity index (χ0v) is 9.44. The van der Waals surface area contributed by atoms with Crippen molar-refractivity contribution in [3.63, 3.8) is 0 Å². The first-order valence-electron chi connectivity index (χ1n) is 5.37. The number of carbonyl (C=O) groups is 2. The van der Waals surface area contributed by atoms with Crippen LogP contribution in [0.3, 0.4) is 0 Å². The minimum absolute atomic E-state index is 0.0592. The monoisotopic (exact) mass is 230 g/mol. The zero-order valence-electron chi connectivity index (χ0n) is 9.44. The number of hydrogen-bond acceptors (Lipinski definition) is 4. The maximum absolute atomic E-state index is 11.8. The number of nitrogens with one attached hydrogen (secondary N) is 1. The Labute approximate surface area is 94.6 Å². The molecule has 0 spiro atoms. The smallest absolute Gasteiger partial charge is 0.224 e. The number of aliphatic hydroxyl groups is 1. The molecule has 1 unspecified atom stereocenters. The summed E-state index contributed by atoms with van der Waals surface area (Å²) in [6.07, 6.45) is 0.260. The molecule has 6 heteroatoms. The third-order valence-electron chi connectivity index (χ3n) is 2.47. The molecule has 0 aromatic heterocycles. The first-order valence-corrected chi connectivity index (χ1v) is 5.37. The lowest BCUT2D eigenvalue weighted by atomic mass is 10.2. The molecule has 1 aliphatic heterocycles. The molecule has 1 aliphatic rings. The van der Waals surface area contributed by atoms with Gasteiger partial charge in [0, 0.05) is 26.4 Å². The van der Waals surface area contributed by atoms with Gasteiger partial charge in [-0.15, -0.1) is 0 Å². The summed E-state index contributed by atoms with van der Waals surface area (Å²) in [5.41, 5.74) is 0. The summed E-state index contributed by atoms with van der Waals surface area (Å²) in [4.78, 5) is 24.0. The van der Waals surface area contributed by atoms with E-state index in [0.717, 1.165) is 0 Å². The Hall–Kier alpha value is -1.14. The lowest BCUT2D eigenvalue weighted by molar-refractivity contribution is -0.141. The minimum atomic E-state index is -0.251. The highest BCUT2D eigenvalue weighted by Gasteiger charge is 2.25. The highest BCUT2D eigenvalue weighted by atomic mass is 16.5. The van der Waals surface area contributed by atoms with Crippen molar-refractivity contribution in [3.8, 4) is 0 Å². The van der Waals surface area contributed by atoms with E-state index in [9.17, 15) is 9.59 Å². The highest BCUT2D eigenvalue weighted by Crippen LogP contribution is 2.07. The van der Waals surface area contributed by atoms with Gasteiger partial charge in [0.25, 0.3) is 0 Å². The van der Waals surface area contributed by atoms with Gasteiger partial charge < -0.3 is 20.1 Å². The van der Waals surface area contributed by atoms with Crippen LogP contribution in [0.25, 0.3) is 0 Å². The summed E-state index contributed by atoms with van der Waals surface area (Å²) in [5.74, 6) is -0.204. The molecule has 1 rings (SSSR count). The number of nitrogens with zero attached hydrogens (tertiary/aromatic N) is 1. The molecular weight excluding hydrogens is 212 g/mol. The first-order chi connectivity index (χ1) is 7.65. The number of morpholine rings is 1. The third kappa shape index (κ3) is 3.79. The second kappa shape index (κ2) is 6.44. The van der Waals surface area contributed by atoms with Gasteiger partial charge in [0.1, 0.15) is 0 Å². The summed E-state index contributed by atoms with van der Waals surface area (Å²) < 4.78 is 5.17. The van der Waals surface area contributed by atoms with Gasteiger partial charge >= 0.3 is 0 Å². The SMILES string of the molecule is CC(=O)NCCC(=O)N1CCOCC1CO. The van der Waals surface area contributed by atoms with Crippen molar-refractivity contribution in [2.45, 2.75) is 19.4 Å². The third-order valence-corrected chi connectivity index (χ3v) is 2.47. The molecule has 0 bridgehead atoms. The summed E-state index contributed by atoms with van der Waals surface area (Å²) >= 11 is 0. The Morgan fingerprint density at radius 3 is 2.94 bits per heavy atom. The summed E-state index contributed by atoms with van der Waals surface area (Å²) in [5, 5.41) is 11.6. The summed E-state index contributed by atoms with van der Waals surface area (Å²) in [6, 6.07) is -0.251. The molecule has 2 amide bonds. The fourth-order valence-corrected chi connectivity index (χ4v) is 1.62. The number of aliphatic hydroxyl groups excluding tert-OH is 1. The van der Waals surface area contributed by atoms with Crippen molar-refractivity contribution in [1.82, 2.24) is 10.2 Å². The fourth-order valence-electron chi connectivity index (χ4n) is 1.62. The Morgan fingerprint density at radius 2 is 2.31 bits per heavy atom. The topological polar surface area (TPSA) is 78.9 Å². The van der Waals surface area contributed by atoms with Gasteiger partial charge in [-0.25, -0.2) is 0 Å². The van der Waals surface area contributed by atoms with Crippen LogP contribution in [0.4, 0.5) is 0 Å². The van der Waals surface area contributed by atoms with Gasteiger partial charge in [-0.2, -0.15) is 0 Å². The van der Waals surface area contributed by atoms with E-state index in [0.29, 0.717) is 26.3 Å². The number of amides is 2. The van der Waals surface area contributed by atoms with Crippen LogP contribution in [0.5, 0.6) is 0 Å². The molecule has 1 fully saturated rings. The van der Waals surface area contributed by atoms with Crippen molar-refractivity contribution in [2.24, 2.45) is 0 Å². The van der Waals surface area contributed by atoms with Crippen LogP contribution in [0.15, 0.2) is 0 Å². The molecule has 1 saturated heterocycles. The predicted molar refractivity (Wildman–Crippen MR) is 56.7 cm³/mol. The van der Waals surface area contributed by atoms with Crippen LogP contribution >= 0.6 is 0 Å². The average Bonchev–Trinajstić information content (AvgIpc) is 2.28. The predicted octanol–water partition coefficient (Wildman–Crippen LogP) is -1.27. The van der Waals surface area contributed by atoms with E-state index in [1.807, 2.05) is 0 Å². The Balaban J connectivity index is 2.35. The Morgan fingerprint density at radius 1 is 1.56 bits per heavy atom. The summed E-state index contributed by atoms with van der Waals surface area (Å²) in [7, 11) is 0. The zero-order chi connectivity index (χ0) is 12.0. The van der Waals surface area contributed by atoms with Gasteiger partial charge in [0.05, 0.1) is 25.9 Å². The van der Waals surface area contributed by atoms with Gasteiger partial charge in [0.15, 0.2) is 0 Å². The fraction of sp³-hybridized carbons (Fsp3) is 0.800. The molecular formula is C10H18N2O4. The molecule has 6 nitrogen and oxygen atoms in total. The second-order valence-corrected chi connectivity index (χ2v) is 3.73. The van der Waals surface area contributed by atoms with Crippen molar-refractivity contribution in [3.05, 3.63) is 0 Å². The van der Waals surface area contributed by atoms with Gasteiger partial charge in [-0.05, 0) is 0 Å². The lowest BCUT2D eigenvalue weighted by Crippen LogP contribution is -2.51. The molecule has 0 radical (unpaired) electrons. The van der Waals surface area contributed by atoms with E-state index in [4.69, 9.17) is 9.84 Å². The lowest BCUT2D eigenvalue weighted by Gasteiger charge is -2.34. The van der Waals surface area contributed by atoms with E-state index in [-0.39, 0.29) is 30.9 Å². The maximum Gasteiger partial charge on any atom is 0.224 e. The van der Waals surface area contributed by atoms with Crippen molar-refractivity contribution in [1.29, 1.82) is 0 Å². The molecule has 1 heterocycles. The van der Waals surface area contributed by atoms with Crippen LogP contribution in [0, 0.1) is 0 Å². The number of carbonyl (C=O) groups excluding carboxylic acids is 2. The quantitative estimate of drug-likeness (QED) is 0.631. The normalized spacial score (nSPS) is 20.6. The molecule has 16 heavy (non-hydrogen) atoms. The molecule has 0 aliphatic carbocycles. The molecule has 92 valence electrons. The van der Waals surface area contributed by atoms with Crippen LogP contribution in [-0.4, -0.2) is 60.8 Å². The van der Waals surface area contributed by atoms with E-state index < -0.39 is 0 Å². The molecule has 0 aromatic rings. The number of hydrogen-bond donors (Lipinski definition) is 2. The maximum atomic E-state index is 11.8. The molecule has 1 atom stereocenters. The van der Waals surface area contributed by atoms with Crippen molar-refractivity contribution < 1.29 is 19.4 Å². The van der Waals surface area contributed by atoms with E-state index in [2.05, 4.69) is 5.32 Å². The number of rotatable bonds is 4. The molecule has 2 N–H and O–H groups in total. The highest BCUT2D eigenvalue weighted by molar-refractivity contribution is 5.78. The molecule has 0 aromatic carbocycles. The van der Waals surface area contributed by atoms with Crippen molar-refractivity contribution >= 4 is 11.8 Å². The van der Waals surface area contributed by atoms with E-state index in [1.54, 1.807) is 4.90 Å². The largest absolute Gasteiger partial charge is 0.394 e. The van der Waals surface area contributed by atoms with E-state index in [1.165, 1.54) is 6.92 Å². The summed E-state index contributed by atoms with van der Waals surface area (Å²) in [6.45, 7) is 3.04. The molecule has 0 saturated carbocycles. The first kappa shape index (κ1) is 12.9. The average molecular weight is 230 g/mol. The Bertz CT molecular complexity index is 257. The van der Waals surface area contributed by atoms with Crippen LogP contribution < -0.4 is 5.32 Å².